The van der Waals surface area contributed by atoms with Crippen molar-refractivity contribution in [3.8, 4) is 0 Å². The first-order chi connectivity index (χ1) is 10.3. The number of rotatable bonds is 2. The van der Waals surface area contributed by atoms with E-state index in [1.165, 1.54) is 6.20 Å². The summed E-state index contributed by atoms with van der Waals surface area (Å²) in [6, 6.07) is 7.24. The van der Waals surface area contributed by atoms with Gasteiger partial charge < -0.3 is 10.2 Å². The summed E-state index contributed by atoms with van der Waals surface area (Å²) in [6.45, 7) is 3.43. The fourth-order valence-electron chi connectivity index (χ4n) is 2.61. The Hall–Kier alpha value is -2.21. The van der Waals surface area contributed by atoms with Gasteiger partial charge in [-0.3, -0.25) is 14.3 Å². The van der Waals surface area contributed by atoms with Crippen molar-refractivity contribution in [3.05, 3.63) is 40.7 Å². The Bertz CT molecular complexity index is 702. The Morgan fingerprint density at radius 3 is 3.00 bits per heavy atom. The summed E-state index contributed by atoms with van der Waals surface area (Å²) in [4.78, 5) is 26.0. The quantitative estimate of drug-likeness (QED) is 0.857. The molecule has 0 unspecified atom stereocenters. The van der Waals surface area contributed by atoms with E-state index >= 15 is 0 Å². The lowest BCUT2D eigenvalue weighted by Crippen LogP contribution is -2.37. The summed E-state index contributed by atoms with van der Waals surface area (Å²) in [6.07, 6.45) is 2.24. The Kier molecular flexibility index (Phi) is 3.96. The van der Waals surface area contributed by atoms with Crippen LogP contribution >= 0.6 is 0 Å². The second-order valence-corrected chi connectivity index (χ2v) is 5.17. The largest absolute Gasteiger partial charge is 0.340 e. The molecule has 0 aliphatic carbocycles. The molecule has 1 aromatic carbocycles. The molecular weight excluding hydrogens is 268 g/mol. The van der Waals surface area contributed by atoms with Gasteiger partial charge in [-0.1, -0.05) is 12.1 Å². The van der Waals surface area contributed by atoms with E-state index < -0.39 is 0 Å². The van der Waals surface area contributed by atoms with Gasteiger partial charge in [0.25, 0.3) is 0 Å². The van der Waals surface area contributed by atoms with Crippen molar-refractivity contribution in [1.82, 2.24) is 20.0 Å². The predicted octanol–water partition coefficient (Wildman–Crippen LogP) is 0.218. The smallest absolute Gasteiger partial charge is 0.244 e. The van der Waals surface area contributed by atoms with Crippen LogP contribution in [0.4, 0.5) is 0 Å². The van der Waals surface area contributed by atoms with Crippen LogP contribution in [0, 0.1) is 0 Å². The number of benzene rings is 1. The van der Waals surface area contributed by atoms with Gasteiger partial charge >= 0.3 is 0 Å². The summed E-state index contributed by atoms with van der Waals surface area (Å²) in [7, 11) is 0. The molecule has 1 N–H and O–H groups in total. The molecule has 0 bridgehead atoms. The van der Waals surface area contributed by atoms with Crippen LogP contribution in [0.25, 0.3) is 10.9 Å². The molecule has 1 aliphatic heterocycles. The summed E-state index contributed by atoms with van der Waals surface area (Å²) < 4.78 is 1.61. The van der Waals surface area contributed by atoms with Gasteiger partial charge in [0.2, 0.25) is 11.3 Å². The molecular formula is C15H18N4O2. The number of nitrogens with one attached hydrogen (secondary N) is 1. The molecule has 110 valence electrons. The van der Waals surface area contributed by atoms with Gasteiger partial charge in [0.05, 0.1) is 11.7 Å². The lowest BCUT2D eigenvalue weighted by atomic mass is 10.2. The van der Waals surface area contributed by atoms with E-state index in [-0.39, 0.29) is 17.9 Å². The van der Waals surface area contributed by atoms with Crippen LogP contribution in [0.1, 0.15) is 6.42 Å². The molecule has 21 heavy (non-hydrogen) atoms. The fraction of sp³-hybridized carbons (Fsp3) is 0.400. The van der Waals surface area contributed by atoms with Crippen LogP contribution in [-0.2, 0) is 11.3 Å². The standard InChI is InChI=1S/C15H18N4O2/c20-14-10-17-19(13-5-2-1-4-12(13)14)11-15(21)18-8-3-6-16-7-9-18/h1-2,4-5,10,16H,3,6-9,11H2. The third kappa shape index (κ3) is 2.95. The summed E-state index contributed by atoms with van der Waals surface area (Å²) >= 11 is 0. The molecule has 1 amide bonds. The van der Waals surface area contributed by atoms with Crippen molar-refractivity contribution in [1.29, 1.82) is 0 Å². The molecule has 1 aromatic heterocycles. The highest BCUT2D eigenvalue weighted by atomic mass is 16.2. The van der Waals surface area contributed by atoms with Crippen molar-refractivity contribution < 1.29 is 4.79 Å². The van der Waals surface area contributed by atoms with Gasteiger partial charge in [-0.25, -0.2) is 0 Å². The van der Waals surface area contributed by atoms with E-state index in [1.54, 1.807) is 10.7 Å². The zero-order valence-electron chi connectivity index (χ0n) is 11.8. The molecule has 1 fully saturated rings. The molecule has 0 saturated carbocycles. The topological polar surface area (TPSA) is 67.2 Å². The van der Waals surface area contributed by atoms with Gasteiger partial charge in [-0.15, -0.1) is 0 Å². The zero-order valence-corrected chi connectivity index (χ0v) is 11.8. The van der Waals surface area contributed by atoms with Crippen LogP contribution in [-0.4, -0.2) is 46.8 Å². The lowest BCUT2D eigenvalue weighted by Gasteiger charge is -2.20. The second kappa shape index (κ2) is 6.05. The Labute approximate surface area is 122 Å². The van der Waals surface area contributed by atoms with Crippen LogP contribution in [0.2, 0.25) is 0 Å². The van der Waals surface area contributed by atoms with Gasteiger partial charge in [0.15, 0.2) is 0 Å². The predicted molar refractivity (Wildman–Crippen MR) is 80.1 cm³/mol. The third-order valence-electron chi connectivity index (χ3n) is 3.74. The minimum absolute atomic E-state index is 0.0417. The number of hydrogen-bond acceptors (Lipinski definition) is 4. The van der Waals surface area contributed by atoms with Gasteiger partial charge in [-0.05, 0) is 25.1 Å². The molecule has 1 aliphatic rings. The average Bonchev–Trinajstić information content (AvgIpc) is 2.79. The van der Waals surface area contributed by atoms with Crippen LogP contribution in [0.15, 0.2) is 35.3 Å². The Morgan fingerprint density at radius 1 is 1.24 bits per heavy atom. The van der Waals surface area contributed by atoms with Crippen molar-refractivity contribution in [2.45, 2.75) is 13.0 Å². The van der Waals surface area contributed by atoms with Crippen molar-refractivity contribution >= 4 is 16.8 Å². The summed E-state index contributed by atoms with van der Waals surface area (Å²) in [5.74, 6) is 0.0417. The number of fused-ring (bicyclic) bond motifs is 1. The number of amides is 1. The molecule has 3 rings (SSSR count). The van der Waals surface area contributed by atoms with E-state index in [9.17, 15) is 9.59 Å². The fourth-order valence-corrected chi connectivity index (χ4v) is 2.61. The second-order valence-electron chi connectivity index (χ2n) is 5.17. The van der Waals surface area contributed by atoms with E-state index in [4.69, 9.17) is 0 Å². The highest BCUT2D eigenvalue weighted by Gasteiger charge is 2.16. The number of nitrogens with zero attached hydrogens (tertiary/aromatic N) is 3. The maximum atomic E-state index is 12.4. The van der Waals surface area contributed by atoms with Crippen molar-refractivity contribution in [3.63, 3.8) is 0 Å². The Balaban J connectivity index is 1.86. The first kappa shape index (κ1) is 13.8. The number of carbonyl (C=O) groups is 1. The minimum atomic E-state index is -0.117. The van der Waals surface area contributed by atoms with Crippen LogP contribution < -0.4 is 10.7 Å². The molecule has 0 spiro atoms. The van der Waals surface area contributed by atoms with Crippen molar-refractivity contribution in [2.75, 3.05) is 26.2 Å². The molecule has 6 nitrogen and oxygen atoms in total. The molecule has 0 atom stereocenters. The average molecular weight is 286 g/mol. The Morgan fingerprint density at radius 2 is 2.10 bits per heavy atom. The molecule has 1 saturated heterocycles. The van der Waals surface area contributed by atoms with Crippen LogP contribution in [0.5, 0.6) is 0 Å². The van der Waals surface area contributed by atoms with E-state index in [0.717, 1.165) is 32.6 Å². The van der Waals surface area contributed by atoms with Crippen molar-refractivity contribution in [2.24, 2.45) is 0 Å². The van der Waals surface area contributed by atoms with Gasteiger partial charge in [0.1, 0.15) is 6.54 Å². The molecule has 2 heterocycles. The number of para-hydroxylation sites is 1. The van der Waals surface area contributed by atoms with Gasteiger partial charge in [0, 0.05) is 25.0 Å². The molecule has 2 aromatic rings. The van der Waals surface area contributed by atoms with E-state index in [0.29, 0.717) is 10.9 Å². The maximum absolute atomic E-state index is 12.4. The summed E-state index contributed by atoms with van der Waals surface area (Å²) in [5.41, 5.74) is 0.583. The SMILES string of the molecule is O=C(Cn1ncc(=O)c2ccccc21)N1CCCNCC1. The van der Waals surface area contributed by atoms with Crippen LogP contribution in [0.3, 0.4) is 0 Å². The first-order valence-corrected chi connectivity index (χ1v) is 7.19. The maximum Gasteiger partial charge on any atom is 0.244 e. The highest BCUT2D eigenvalue weighted by molar-refractivity contribution is 5.81. The lowest BCUT2D eigenvalue weighted by molar-refractivity contribution is -0.131. The number of aromatic nitrogens is 2. The summed E-state index contributed by atoms with van der Waals surface area (Å²) in [5, 5.41) is 7.98. The molecule has 6 heteroatoms. The molecule has 0 radical (unpaired) electrons. The normalized spacial score (nSPS) is 15.9. The number of carbonyl (C=O) groups excluding carboxylic acids is 1. The zero-order chi connectivity index (χ0) is 14.7. The monoisotopic (exact) mass is 286 g/mol. The first-order valence-electron chi connectivity index (χ1n) is 7.19. The highest BCUT2D eigenvalue weighted by Crippen LogP contribution is 2.08. The van der Waals surface area contributed by atoms with E-state index in [2.05, 4.69) is 10.4 Å². The third-order valence-corrected chi connectivity index (χ3v) is 3.74. The number of hydrogen-bond donors (Lipinski definition) is 1. The minimum Gasteiger partial charge on any atom is -0.340 e. The van der Waals surface area contributed by atoms with E-state index in [1.807, 2.05) is 23.1 Å². The van der Waals surface area contributed by atoms with Gasteiger partial charge in [-0.2, -0.15) is 5.10 Å².